The van der Waals surface area contributed by atoms with Crippen LogP contribution in [0.2, 0.25) is 4.34 Å². The van der Waals surface area contributed by atoms with Gasteiger partial charge in [-0.3, -0.25) is 4.79 Å². The van der Waals surface area contributed by atoms with Crippen LogP contribution in [-0.2, 0) is 14.8 Å². The molecule has 1 aliphatic rings. The third-order valence-electron chi connectivity index (χ3n) is 2.90. The largest absolute Gasteiger partial charge is 0.481 e. The molecule has 1 heterocycles. The lowest BCUT2D eigenvalue weighted by Gasteiger charge is -2.19. The van der Waals surface area contributed by atoms with Crippen molar-refractivity contribution < 1.29 is 18.3 Å². The molecule has 1 saturated carbocycles. The Labute approximate surface area is 120 Å². The van der Waals surface area contributed by atoms with E-state index in [4.69, 9.17) is 16.7 Å². The van der Waals surface area contributed by atoms with Crippen LogP contribution in [0.1, 0.15) is 24.8 Å². The maximum Gasteiger partial charge on any atom is 0.304 e. The molecular formula is C11H14ClNO4S2. The fourth-order valence-corrected chi connectivity index (χ4v) is 5.27. The first kappa shape index (κ1) is 14.8. The van der Waals surface area contributed by atoms with Crippen LogP contribution in [0.3, 0.4) is 0 Å². The molecule has 19 heavy (non-hydrogen) atoms. The summed E-state index contributed by atoms with van der Waals surface area (Å²) < 4.78 is 26.9. The van der Waals surface area contributed by atoms with Crippen molar-refractivity contribution in [2.24, 2.45) is 0 Å². The fourth-order valence-electron chi connectivity index (χ4n) is 1.74. The van der Waals surface area contributed by atoms with E-state index in [-0.39, 0.29) is 23.2 Å². The Bertz CT molecular complexity index is 572. The molecule has 0 bridgehead atoms. The molecule has 0 spiro atoms. The van der Waals surface area contributed by atoms with Gasteiger partial charge in [-0.05, 0) is 31.4 Å². The highest BCUT2D eigenvalue weighted by Crippen LogP contribution is 2.36. The Morgan fingerprint density at radius 2 is 2.21 bits per heavy atom. The van der Waals surface area contributed by atoms with Gasteiger partial charge in [0, 0.05) is 12.6 Å². The van der Waals surface area contributed by atoms with Crippen LogP contribution in [0.4, 0.5) is 0 Å². The fraction of sp³-hybridized carbons (Fsp3) is 0.545. The van der Waals surface area contributed by atoms with Crippen LogP contribution in [0.25, 0.3) is 0 Å². The number of sulfonamides is 1. The van der Waals surface area contributed by atoms with E-state index in [1.807, 2.05) is 0 Å². The zero-order valence-electron chi connectivity index (χ0n) is 10.3. The van der Waals surface area contributed by atoms with Gasteiger partial charge in [0.25, 0.3) is 10.0 Å². The van der Waals surface area contributed by atoms with Crippen molar-refractivity contribution in [3.8, 4) is 0 Å². The Morgan fingerprint density at radius 3 is 2.63 bits per heavy atom. The Hall–Kier alpha value is -0.630. The quantitative estimate of drug-likeness (QED) is 0.872. The summed E-state index contributed by atoms with van der Waals surface area (Å²) in [6.07, 6.45) is 1.39. The molecule has 0 unspecified atom stereocenters. The number of nitrogens with zero attached hydrogens (tertiary/aromatic N) is 1. The average molecular weight is 324 g/mol. The zero-order valence-corrected chi connectivity index (χ0v) is 12.7. The first-order valence-corrected chi connectivity index (χ1v) is 8.45. The van der Waals surface area contributed by atoms with Crippen molar-refractivity contribution in [1.82, 2.24) is 4.31 Å². The number of carbonyl (C=O) groups is 1. The van der Waals surface area contributed by atoms with Crippen molar-refractivity contribution in [1.29, 1.82) is 0 Å². The van der Waals surface area contributed by atoms with Crippen LogP contribution in [-0.4, -0.2) is 36.4 Å². The number of halogens is 1. The van der Waals surface area contributed by atoms with Crippen molar-refractivity contribution in [3.05, 3.63) is 16.0 Å². The normalized spacial score (nSPS) is 15.9. The number of hydrogen-bond acceptors (Lipinski definition) is 4. The molecule has 1 fully saturated rings. The SMILES string of the molecule is Cc1cc(S(=O)(=O)N(CCC(=O)O)C2CC2)sc1Cl. The van der Waals surface area contributed by atoms with Gasteiger partial charge in [-0.15, -0.1) is 11.3 Å². The molecule has 1 aromatic heterocycles. The van der Waals surface area contributed by atoms with Gasteiger partial charge in [-0.2, -0.15) is 4.31 Å². The lowest BCUT2D eigenvalue weighted by atomic mass is 10.4. The lowest BCUT2D eigenvalue weighted by molar-refractivity contribution is -0.137. The molecule has 0 amide bonds. The van der Waals surface area contributed by atoms with E-state index < -0.39 is 16.0 Å². The predicted molar refractivity (Wildman–Crippen MR) is 73.2 cm³/mol. The van der Waals surface area contributed by atoms with E-state index in [0.717, 1.165) is 29.7 Å². The maximum absolute atomic E-state index is 12.5. The number of thiophene rings is 1. The zero-order chi connectivity index (χ0) is 14.2. The maximum atomic E-state index is 12.5. The highest BCUT2D eigenvalue weighted by atomic mass is 35.5. The molecule has 0 aromatic carbocycles. The minimum atomic E-state index is -3.63. The molecular weight excluding hydrogens is 310 g/mol. The van der Waals surface area contributed by atoms with Gasteiger partial charge in [-0.25, -0.2) is 8.42 Å². The van der Waals surface area contributed by atoms with Crippen molar-refractivity contribution in [3.63, 3.8) is 0 Å². The number of carboxylic acids is 1. The van der Waals surface area contributed by atoms with Crippen LogP contribution >= 0.6 is 22.9 Å². The number of carboxylic acid groups (broad SMARTS) is 1. The van der Waals surface area contributed by atoms with Gasteiger partial charge in [0.2, 0.25) is 0 Å². The van der Waals surface area contributed by atoms with E-state index in [2.05, 4.69) is 0 Å². The number of rotatable bonds is 6. The molecule has 0 saturated heterocycles. The predicted octanol–water partition coefficient (Wildman–Crippen LogP) is 2.34. The molecule has 1 aromatic rings. The van der Waals surface area contributed by atoms with Gasteiger partial charge < -0.3 is 5.11 Å². The van der Waals surface area contributed by atoms with Gasteiger partial charge >= 0.3 is 5.97 Å². The molecule has 106 valence electrons. The van der Waals surface area contributed by atoms with E-state index in [9.17, 15) is 13.2 Å². The number of aliphatic carboxylic acids is 1. The summed E-state index contributed by atoms with van der Waals surface area (Å²) >= 11 is 6.92. The summed E-state index contributed by atoms with van der Waals surface area (Å²) in [4.78, 5) is 10.6. The summed E-state index contributed by atoms with van der Waals surface area (Å²) in [6, 6.07) is 1.48. The van der Waals surface area contributed by atoms with Crippen molar-refractivity contribution >= 4 is 38.9 Å². The van der Waals surface area contributed by atoms with E-state index in [1.54, 1.807) is 13.0 Å². The minimum absolute atomic E-state index is 0.0108. The van der Waals surface area contributed by atoms with Crippen LogP contribution in [0, 0.1) is 6.92 Å². The summed E-state index contributed by atoms with van der Waals surface area (Å²) in [5.74, 6) is -0.999. The highest BCUT2D eigenvalue weighted by Gasteiger charge is 2.38. The summed E-state index contributed by atoms with van der Waals surface area (Å²) in [5, 5.41) is 8.71. The summed E-state index contributed by atoms with van der Waals surface area (Å²) in [5.41, 5.74) is 0.722. The van der Waals surface area contributed by atoms with Gasteiger partial charge in [0.05, 0.1) is 10.8 Å². The molecule has 1 aliphatic carbocycles. The summed E-state index contributed by atoms with van der Waals surface area (Å²) in [7, 11) is -3.63. The topological polar surface area (TPSA) is 74.7 Å². The first-order valence-electron chi connectivity index (χ1n) is 5.82. The summed E-state index contributed by atoms with van der Waals surface area (Å²) in [6.45, 7) is 1.76. The van der Waals surface area contributed by atoms with Crippen molar-refractivity contribution in [2.75, 3.05) is 6.54 Å². The molecule has 0 radical (unpaired) electrons. The Kier molecular flexibility index (Phi) is 4.20. The molecule has 5 nitrogen and oxygen atoms in total. The average Bonchev–Trinajstić information content (AvgIpc) is 3.06. The monoisotopic (exact) mass is 323 g/mol. The van der Waals surface area contributed by atoms with Crippen LogP contribution < -0.4 is 0 Å². The van der Waals surface area contributed by atoms with Crippen LogP contribution in [0.5, 0.6) is 0 Å². The standard InChI is InChI=1S/C11H14ClNO4S2/c1-7-6-10(18-11(7)12)19(16,17)13(8-2-3-8)5-4-9(14)15/h6,8H,2-5H2,1H3,(H,14,15). The molecule has 0 aliphatic heterocycles. The second-order valence-corrected chi connectivity index (χ2v) is 8.28. The molecule has 1 N–H and O–H groups in total. The van der Waals surface area contributed by atoms with E-state index in [0.29, 0.717) is 4.34 Å². The van der Waals surface area contributed by atoms with Gasteiger partial charge in [0.15, 0.2) is 0 Å². The lowest BCUT2D eigenvalue weighted by Crippen LogP contribution is -2.34. The van der Waals surface area contributed by atoms with E-state index >= 15 is 0 Å². The molecule has 8 heteroatoms. The molecule has 2 rings (SSSR count). The second-order valence-electron chi connectivity index (χ2n) is 4.51. The van der Waals surface area contributed by atoms with Gasteiger partial charge in [0.1, 0.15) is 4.21 Å². The number of hydrogen-bond donors (Lipinski definition) is 1. The minimum Gasteiger partial charge on any atom is -0.481 e. The van der Waals surface area contributed by atoms with Gasteiger partial charge in [-0.1, -0.05) is 11.6 Å². The smallest absolute Gasteiger partial charge is 0.304 e. The first-order chi connectivity index (χ1) is 8.82. The van der Waals surface area contributed by atoms with Crippen LogP contribution in [0.15, 0.2) is 10.3 Å². The Balaban J connectivity index is 2.26. The third kappa shape index (κ3) is 3.28. The van der Waals surface area contributed by atoms with Crippen molar-refractivity contribution in [2.45, 2.75) is 36.4 Å². The highest BCUT2D eigenvalue weighted by molar-refractivity contribution is 7.91. The third-order valence-corrected chi connectivity index (χ3v) is 6.85. The Morgan fingerprint density at radius 1 is 1.58 bits per heavy atom. The number of aryl methyl sites for hydroxylation is 1. The second kappa shape index (κ2) is 5.40. The molecule has 0 atom stereocenters. The van der Waals surface area contributed by atoms with E-state index in [1.165, 1.54) is 4.31 Å².